The summed E-state index contributed by atoms with van der Waals surface area (Å²) in [5.74, 6) is -0.891. The van der Waals surface area contributed by atoms with Crippen molar-refractivity contribution >= 4 is 5.97 Å². The van der Waals surface area contributed by atoms with E-state index in [2.05, 4.69) is 0 Å². The Kier molecular flexibility index (Phi) is 4.54. The highest BCUT2D eigenvalue weighted by Gasteiger charge is 2.63. The largest absolute Gasteiger partial charge is 0.465 e. The van der Waals surface area contributed by atoms with Gasteiger partial charge in [-0.2, -0.15) is 13.2 Å². The maximum absolute atomic E-state index is 12.8. The van der Waals surface area contributed by atoms with Gasteiger partial charge >= 0.3 is 12.1 Å². The molecule has 0 heterocycles. The molecule has 122 valence electrons. The summed E-state index contributed by atoms with van der Waals surface area (Å²) in [5.41, 5.74) is -0.490. The number of carbonyl (C=O) groups is 1. The second kappa shape index (κ2) is 5.94. The summed E-state index contributed by atoms with van der Waals surface area (Å²) < 4.78 is 43.7. The van der Waals surface area contributed by atoms with Crippen LogP contribution in [0.1, 0.15) is 50.7 Å². The van der Waals surface area contributed by atoms with E-state index in [1.807, 2.05) is 20.8 Å². The lowest BCUT2D eigenvalue weighted by atomic mass is 10.0. The summed E-state index contributed by atoms with van der Waals surface area (Å²) in [6.45, 7) is 6.16. The summed E-state index contributed by atoms with van der Waals surface area (Å²) in [7, 11) is 0. The molecule has 1 aromatic rings. The lowest BCUT2D eigenvalue weighted by Gasteiger charge is -2.09. The molecule has 0 aromatic heterocycles. The van der Waals surface area contributed by atoms with Gasteiger partial charge < -0.3 is 4.74 Å². The molecule has 1 fully saturated rings. The first-order valence-corrected chi connectivity index (χ1v) is 7.53. The van der Waals surface area contributed by atoms with Crippen LogP contribution in [0, 0.1) is 11.3 Å². The monoisotopic (exact) mass is 314 g/mol. The number of halogens is 3. The number of unbranched alkanes of at least 4 members (excludes halogenated alkanes) is 1. The topological polar surface area (TPSA) is 26.3 Å². The van der Waals surface area contributed by atoms with Gasteiger partial charge in [-0.1, -0.05) is 45.4 Å². The molecule has 22 heavy (non-hydrogen) atoms. The lowest BCUT2D eigenvalue weighted by Crippen LogP contribution is -2.11. The quantitative estimate of drug-likeness (QED) is 0.577. The van der Waals surface area contributed by atoms with Gasteiger partial charge in [0.25, 0.3) is 0 Å². The number of benzene rings is 1. The van der Waals surface area contributed by atoms with Crippen LogP contribution in [0.3, 0.4) is 0 Å². The fourth-order valence-corrected chi connectivity index (χ4v) is 3.02. The molecule has 5 heteroatoms. The molecule has 0 unspecified atom stereocenters. The van der Waals surface area contributed by atoms with E-state index in [4.69, 9.17) is 4.74 Å². The van der Waals surface area contributed by atoms with Crippen molar-refractivity contribution in [3.05, 3.63) is 35.4 Å². The van der Waals surface area contributed by atoms with Gasteiger partial charge in [-0.3, -0.25) is 4.79 Å². The Balaban J connectivity index is 2.14. The molecule has 0 bridgehead atoms. The van der Waals surface area contributed by atoms with Gasteiger partial charge in [0.05, 0.1) is 18.1 Å². The van der Waals surface area contributed by atoms with Gasteiger partial charge in [-0.05, 0) is 23.5 Å². The molecule has 1 aromatic carbocycles. The zero-order valence-corrected chi connectivity index (χ0v) is 13.0. The standard InChI is InChI=1S/C17H21F3O2/c1-4-5-9-22-15(21)14-13(16(14,2)3)11-7-6-8-12(10-11)17(18,19)20/h6-8,10,13-14H,4-5,9H2,1-3H3/t13-,14+/m1/s1. The molecule has 2 nitrogen and oxygen atoms in total. The zero-order valence-electron chi connectivity index (χ0n) is 13.0. The molecule has 0 radical (unpaired) electrons. The summed E-state index contributed by atoms with van der Waals surface area (Å²) in [6, 6.07) is 5.24. The molecule has 0 N–H and O–H groups in total. The molecule has 1 aliphatic rings. The molecular formula is C17H21F3O2. The van der Waals surface area contributed by atoms with Crippen LogP contribution in [0.4, 0.5) is 13.2 Å². The Bertz CT molecular complexity index is 549. The average Bonchev–Trinajstić information content (AvgIpc) is 3.01. The second-order valence-corrected chi connectivity index (χ2v) is 6.42. The van der Waals surface area contributed by atoms with Crippen LogP contribution >= 0.6 is 0 Å². The predicted molar refractivity (Wildman–Crippen MR) is 77.3 cm³/mol. The van der Waals surface area contributed by atoms with E-state index in [1.165, 1.54) is 6.07 Å². The highest BCUT2D eigenvalue weighted by Crippen LogP contribution is 2.65. The number of hydrogen-bond donors (Lipinski definition) is 0. The number of carbonyl (C=O) groups excluding carboxylic acids is 1. The first-order valence-electron chi connectivity index (χ1n) is 7.53. The molecule has 2 atom stereocenters. The van der Waals surface area contributed by atoms with E-state index in [9.17, 15) is 18.0 Å². The Morgan fingerprint density at radius 3 is 2.59 bits per heavy atom. The van der Waals surface area contributed by atoms with Crippen molar-refractivity contribution in [2.75, 3.05) is 6.61 Å². The van der Waals surface area contributed by atoms with Gasteiger partial charge in [0.1, 0.15) is 0 Å². The molecule has 0 aliphatic heterocycles. The SMILES string of the molecule is CCCCOC(=O)[C@@H]1[C@@H](c2cccc(C(F)(F)F)c2)C1(C)C. The Labute approximate surface area is 128 Å². The fraction of sp³-hybridized carbons (Fsp3) is 0.588. The van der Waals surface area contributed by atoms with E-state index >= 15 is 0 Å². The molecule has 2 rings (SSSR count). The van der Waals surface area contributed by atoms with Crippen LogP contribution in [0.25, 0.3) is 0 Å². The van der Waals surface area contributed by atoms with Gasteiger partial charge in [0, 0.05) is 5.92 Å². The lowest BCUT2D eigenvalue weighted by molar-refractivity contribution is -0.146. The summed E-state index contributed by atoms with van der Waals surface area (Å²) in [6.07, 6.45) is -2.64. The number of hydrogen-bond acceptors (Lipinski definition) is 2. The molecular weight excluding hydrogens is 293 g/mol. The smallest absolute Gasteiger partial charge is 0.416 e. The van der Waals surface area contributed by atoms with Gasteiger partial charge in [-0.25, -0.2) is 0 Å². The van der Waals surface area contributed by atoms with Gasteiger partial charge in [-0.15, -0.1) is 0 Å². The number of rotatable bonds is 5. The van der Waals surface area contributed by atoms with Crippen molar-refractivity contribution in [3.63, 3.8) is 0 Å². The second-order valence-electron chi connectivity index (χ2n) is 6.42. The first kappa shape index (κ1) is 16.8. The third kappa shape index (κ3) is 3.28. The molecule has 0 saturated heterocycles. The van der Waals surface area contributed by atoms with Crippen LogP contribution in [0.5, 0.6) is 0 Å². The van der Waals surface area contributed by atoms with Crippen LogP contribution in [0.15, 0.2) is 24.3 Å². The number of esters is 1. The summed E-state index contributed by atoms with van der Waals surface area (Å²) in [5, 5.41) is 0. The Morgan fingerprint density at radius 1 is 1.32 bits per heavy atom. The average molecular weight is 314 g/mol. The third-order valence-electron chi connectivity index (χ3n) is 4.40. The fourth-order valence-electron chi connectivity index (χ4n) is 3.02. The minimum absolute atomic E-state index is 0.219. The maximum Gasteiger partial charge on any atom is 0.416 e. The van der Waals surface area contributed by atoms with Crippen molar-refractivity contribution in [2.24, 2.45) is 11.3 Å². The Morgan fingerprint density at radius 2 is 2.00 bits per heavy atom. The van der Waals surface area contributed by atoms with Gasteiger partial charge in [0.15, 0.2) is 0 Å². The van der Waals surface area contributed by atoms with E-state index < -0.39 is 11.7 Å². The van der Waals surface area contributed by atoms with Crippen molar-refractivity contribution in [1.82, 2.24) is 0 Å². The molecule has 0 spiro atoms. The van der Waals surface area contributed by atoms with E-state index in [1.54, 1.807) is 6.07 Å². The van der Waals surface area contributed by atoms with Crippen LogP contribution in [0.2, 0.25) is 0 Å². The number of alkyl halides is 3. The minimum Gasteiger partial charge on any atom is -0.465 e. The molecule has 1 saturated carbocycles. The molecule has 0 amide bonds. The predicted octanol–water partition coefficient (Wildman–Crippen LogP) is 4.79. The van der Waals surface area contributed by atoms with E-state index in [0.717, 1.165) is 25.0 Å². The first-order chi connectivity index (χ1) is 10.2. The van der Waals surface area contributed by atoms with E-state index in [-0.39, 0.29) is 23.2 Å². The highest BCUT2D eigenvalue weighted by molar-refractivity contribution is 5.79. The van der Waals surface area contributed by atoms with Crippen molar-refractivity contribution in [2.45, 2.75) is 45.7 Å². The van der Waals surface area contributed by atoms with Crippen molar-refractivity contribution < 1.29 is 22.7 Å². The summed E-state index contributed by atoms with van der Waals surface area (Å²) in [4.78, 5) is 12.1. The van der Waals surface area contributed by atoms with Crippen LogP contribution < -0.4 is 0 Å². The highest BCUT2D eigenvalue weighted by atomic mass is 19.4. The van der Waals surface area contributed by atoms with E-state index in [0.29, 0.717) is 12.2 Å². The molecule has 1 aliphatic carbocycles. The van der Waals surface area contributed by atoms with Gasteiger partial charge in [0.2, 0.25) is 0 Å². The van der Waals surface area contributed by atoms with Crippen molar-refractivity contribution in [1.29, 1.82) is 0 Å². The zero-order chi connectivity index (χ0) is 16.5. The maximum atomic E-state index is 12.8. The Hall–Kier alpha value is -1.52. The normalized spacial score (nSPS) is 23.2. The van der Waals surface area contributed by atoms with Crippen molar-refractivity contribution in [3.8, 4) is 0 Å². The van der Waals surface area contributed by atoms with Crippen LogP contribution in [-0.4, -0.2) is 12.6 Å². The number of ether oxygens (including phenoxy) is 1. The van der Waals surface area contributed by atoms with Crippen LogP contribution in [-0.2, 0) is 15.7 Å². The minimum atomic E-state index is -4.37. The third-order valence-corrected chi connectivity index (χ3v) is 4.40. The summed E-state index contributed by atoms with van der Waals surface area (Å²) >= 11 is 0.